The molecule has 0 aromatic rings. The summed E-state index contributed by atoms with van der Waals surface area (Å²) in [6.45, 7) is 2.74. The van der Waals surface area contributed by atoms with E-state index in [2.05, 4.69) is 67.8 Å². The van der Waals surface area contributed by atoms with Gasteiger partial charge in [0.05, 0.1) is 32.0 Å². The van der Waals surface area contributed by atoms with Crippen LogP contribution in [-0.2, 0) is 23.7 Å². The zero-order valence-corrected chi connectivity index (χ0v) is 60.9. The van der Waals surface area contributed by atoms with Gasteiger partial charge >= 0.3 is 0 Å². The number of hydrogen-bond donors (Lipinski definition) is 9. The largest absolute Gasteiger partial charge is 0.394 e. The van der Waals surface area contributed by atoms with Crippen LogP contribution >= 0.6 is 0 Å². The fraction of sp³-hybridized carbons (Fsp3) is 0.864. The third-order valence-electron chi connectivity index (χ3n) is 19.5. The molecule has 2 heterocycles. The van der Waals surface area contributed by atoms with Crippen molar-refractivity contribution in [3.63, 3.8) is 0 Å². The molecule has 95 heavy (non-hydrogen) atoms. The first-order valence-electron chi connectivity index (χ1n) is 40.0. The molecular formula is C81H149NO13. The Balaban J connectivity index is 1.55. The first kappa shape index (κ1) is 88.8. The molecule has 12 atom stereocenters. The number of amides is 1. The molecule has 2 fully saturated rings. The number of rotatable bonds is 67. The van der Waals surface area contributed by atoms with Crippen LogP contribution in [0, 0.1) is 0 Å². The highest BCUT2D eigenvalue weighted by atomic mass is 16.7. The molecule has 12 unspecified atom stereocenters. The van der Waals surface area contributed by atoms with Gasteiger partial charge in [0.15, 0.2) is 12.6 Å². The zero-order chi connectivity index (χ0) is 68.7. The number of carbonyl (C=O) groups is 1. The number of unbranched alkanes of at least 4 members (excludes halogenated alkanes) is 46. The lowest BCUT2D eigenvalue weighted by Gasteiger charge is -2.46. The van der Waals surface area contributed by atoms with Gasteiger partial charge in [-0.1, -0.05) is 351 Å². The highest BCUT2D eigenvalue weighted by molar-refractivity contribution is 5.76. The zero-order valence-electron chi connectivity index (χ0n) is 60.9. The summed E-state index contributed by atoms with van der Waals surface area (Å²) in [6, 6.07) is -0.915. The molecule has 0 aromatic carbocycles. The predicted molar refractivity (Wildman–Crippen MR) is 392 cm³/mol. The van der Waals surface area contributed by atoms with E-state index in [0.717, 1.165) is 64.2 Å². The maximum absolute atomic E-state index is 13.4. The normalized spacial score (nSPS) is 22.6. The molecule has 2 aliphatic heterocycles. The highest BCUT2D eigenvalue weighted by Crippen LogP contribution is 2.30. The molecule has 14 heteroatoms. The highest BCUT2D eigenvalue weighted by Gasteiger charge is 2.51. The van der Waals surface area contributed by atoms with Crippen molar-refractivity contribution in [3.8, 4) is 0 Å². The molecule has 2 saturated heterocycles. The van der Waals surface area contributed by atoms with Crippen molar-refractivity contribution in [2.75, 3.05) is 19.8 Å². The van der Waals surface area contributed by atoms with E-state index in [1.807, 2.05) is 6.08 Å². The minimum atomic E-state index is -1.79. The Morgan fingerprint density at radius 2 is 0.726 bits per heavy atom. The molecule has 14 nitrogen and oxygen atoms in total. The monoisotopic (exact) mass is 1340 g/mol. The van der Waals surface area contributed by atoms with Crippen LogP contribution in [0.5, 0.6) is 0 Å². The molecule has 0 aromatic heterocycles. The van der Waals surface area contributed by atoms with Crippen LogP contribution in [0.25, 0.3) is 0 Å². The van der Waals surface area contributed by atoms with Crippen LogP contribution in [0.15, 0.2) is 60.8 Å². The van der Waals surface area contributed by atoms with E-state index in [4.69, 9.17) is 18.9 Å². The minimum Gasteiger partial charge on any atom is -0.394 e. The molecule has 0 saturated carbocycles. The smallest absolute Gasteiger partial charge is 0.220 e. The van der Waals surface area contributed by atoms with Gasteiger partial charge in [-0.3, -0.25) is 4.79 Å². The van der Waals surface area contributed by atoms with Crippen molar-refractivity contribution in [1.82, 2.24) is 5.32 Å². The third kappa shape index (κ3) is 48.2. The summed E-state index contributed by atoms with van der Waals surface area (Å²) in [5.74, 6) is -0.232. The summed E-state index contributed by atoms with van der Waals surface area (Å²) in [7, 11) is 0. The van der Waals surface area contributed by atoms with E-state index in [1.165, 1.54) is 263 Å². The van der Waals surface area contributed by atoms with E-state index < -0.39 is 86.8 Å². The average molecular weight is 1350 g/mol. The fourth-order valence-electron chi connectivity index (χ4n) is 13.2. The number of allylic oxidation sites excluding steroid dienone is 9. The van der Waals surface area contributed by atoms with E-state index in [0.29, 0.717) is 6.42 Å². The lowest BCUT2D eigenvalue weighted by atomic mass is 9.97. The Hall–Kier alpha value is -2.31. The van der Waals surface area contributed by atoms with Gasteiger partial charge < -0.3 is 65.1 Å². The predicted octanol–water partition coefficient (Wildman–Crippen LogP) is 18.0. The first-order valence-corrected chi connectivity index (χ1v) is 40.0. The van der Waals surface area contributed by atoms with Gasteiger partial charge in [-0.25, -0.2) is 0 Å². The van der Waals surface area contributed by atoms with Crippen LogP contribution < -0.4 is 5.32 Å². The number of aliphatic hydroxyl groups is 8. The molecule has 2 rings (SSSR count). The summed E-state index contributed by atoms with van der Waals surface area (Å²) in [5.41, 5.74) is 0. The summed E-state index contributed by atoms with van der Waals surface area (Å²) in [4.78, 5) is 13.4. The van der Waals surface area contributed by atoms with Gasteiger partial charge in [-0.05, 0) is 57.8 Å². The molecule has 2 aliphatic rings. The van der Waals surface area contributed by atoms with Gasteiger partial charge in [0.25, 0.3) is 0 Å². The van der Waals surface area contributed by atoms with E-state index in [9.17, 15) is 45.6 Å². The van der Waals surface area contributed by atoms with Crippen molar-refractivity contribution in [2.45, 2.75) is 428 Å². The first-order chi connectivity index (χ1) is 46.6. The standard InChI is InChI=1S/C81H149NO13/c1-3-5-7-9-11-13-15-17-19-21-23-25-26-27-28-29-30-31-32-33-34-35-36-37-38-39-40-41-42-43-44-45-47-49-51-53-55-57-59-61-63-65-73(86)82-69(70(85)64-62-60-58-56-54-52-50-48-46-24-22-20-18-16-14-12-10-8-6-4-2)68-92-80-78(91)76(89)79(72(67-84)94-80)95-81-77(90)75(88)74(87)71(66-83)93-81/h5,7,11,13,17,19,23,25,62,64,69-72,74-81,83-85,87-91H,3-4,6,8-10,12,14-16,18,20-22,24,26-61,63,65-68H2,1-2H3,(H,82,86)/b7-5-,13-11-,19-17-,25-23-,64-62+. The molecular weight excluding hydrogens is 1190 g/mol. The molecule has 1 amide bonds. The number of aliphatic hydroxyl groups excluding tert-OH is 8. The fourth-order valence-corrected chi connectivity index (χ4v) is 13.2. The van der Waals surface area contributed by atoms with Crippen LogP contribution in [0.1, 0.15) is 354 Å². The molecule has 9 N–H and O–H groups in total. The maximum Gasteiger partial charge on any atom is 0.220 e. The topological polar surface area (TPSA) is 228 Å². The van der Waals surface area contributed by atoms with Gasteiger partial charge in [0, 0.05) is 6.42 Å². The van der Waals surface area contributed by atoms with E-state index >= 15 is 0 Å². The van der Waals surface area contributed by atoms with Crippen molar-refractivity contribution in [1.29, 1.82) is 0 Å². The van der Waals surface area contributed by atoms with Crippen LogP contribution in [-0.4, -0.2) is 140 Å². The summed E-state index contributed by atoms with van der Waals surface area (Å²) in [6.07, 6.45) is 71.7. The van der Waals surface area contributed by atoms with Gasteiger partial charge in [0.2, 0.25) is 5.91 Å². The Labute approximate surface area is 581 Å². The molecule has 0 radical (unpaired) electrons. The van der Waals surface area contributed by atoms with Gasteiger partial charge in [-0.15, -0.1) is 0 Å². The second-order valence-corrected chi connectivity index (χ2v) is 28.2. The van der Waals surface area contributed by atoms with Crippen LogP contribution in [0.3, 0.4) is 0 Å². The molecule has 556 valence electrons. The quantitative estimate of drug-likeness (QED) is 0.0204. The Morgan fingerprint density at radius 3 is 1.12 bits per heavy atom. The molecule has 0 aliphatic carbocycles. The summed E-state index contributed by atoms with van der Waals surface area (Å²) >= 11 is 0. The Morgan fingerprint density at radius 1 is 0.389 bits per heavy atom. The Kier molecular flexibility index (Phi) is 60.8. The second-order valence-electron chi connectivity index (χ2n) is 28.2. The van der Waals surface area contributed by atoms with E-state index in [1.54, 1.807) is 6.08 Å². The number of hydrogen-bond acceptors (Lipinski definition) is 13. The van der Waals surface area contributed by atoms with Crippen molar-refractivity contribution in [3.05, 3.63) is 60.8 Å². The maximum atomic E-state index is 13.4. The summed E-state index contributed by atoms with van der Waals surface area (Å²) < 4.78 is 22.9. The van der Waals surface area contributed by atoms with Crippen molar-refractivity contribution >= 4 is 5.91 Å². The van der Waals surface area contributed by atoms with Gasteiger partial charge in [0.1, 0.15) is 48.8 Å². The van der Waals surface area contributed by atoms with Gasteiger partial charge in [-0.2, -0.15) is 0 Å². The lowest BCUT2D eigenvalue weighted by molar-refractivity contribution is -0.359. The molecule has 0 spiro atoms. The average Bonchev–Trinajstić information content (AvgIpc) is 0.897. The van der Waals surface area contributed by atoms with Crippen molar-refractivity contribution < 1.29 is 64.6 Å². The van der Waals surface area contributed by atoms with Crippen LogP contribution in [0.2, 0.25) is 0 Å². The number of ether oxygens (including phenoxy) is 4. The number of nitrogens with one attached hydrogen (secondary N) is 1. The minimum absolute atomic E-state index is 0.232. The Bertz CT molecular complexity index is 1830. The molecule has 0 bridgehead atoms. The number of carbonyl (C=O) groups excluding carboxylic acids is 1. The van der Waals surface area contributed by atoms with Crippen LogP contribution in [0.4, 0.5) is 0 Å². The lowest BCUT2D eigenvalue weighted by Crippen LogP contribution is -2.65. The van der Waals surface area contributed by atoms with E-state index in [-0.39, 0.29) is 18.9 Å². The van der Waals surface area contributed by atoms with Crippen molar-refractivity contribution in [2.24, 2.45) is 0 Å². The second kappa shape index (κ2) is 65.0. The third-order valence-corrected chi connectivity index (χ3v) is 19.5. The SMILES string of the molecule is CC/C=C\C/C=C\C/C=C\C/C=C\CCCCCCCCCCCCCCCCCCCCCCCCCCCCCCC(=O)NC(COC1OC(CO)C(OC2OC(CO)C(O)C(O)C2O)C(O)C1O)C(O)/C=C/CCCCCCCCCCCCCCCCCCCC. The summed E-state index contributed by atoms with van der Waals surface area (Å²) in [5, 5.41) is 87.6.